The van der Waals surface area contributed by atoms with Crippen molar-refractivity contribution in [3.63, 3.8) is 0 Å². The summed E-state index contributed by atoms with van der Waals surface area (Å²) in [5.74, 6) is -0.272. The molecule has 0 aliphatic heterocycles. The maximum Gasteiger partial charge on any atom is 0.271 e. The van der Waals surface area contributed by atoms with Crippen LogP contribution in [0.3, 0.4) is 0 Å². The van der Waals surface area contributed by atoms with Gasteiger partial charge < -0.3 is 11.1 Å². The maximum atomic E-state index is 12.0. The first-order chi connectivity index (χ1) is 8.61. The van der Waals surface area contributed by atoms with Crippen molar-refractivity contribution in [3.8, 4) is 6.07 Å². The lowest BCUT2D eigenvalue weighted by atomic mass is 10.1. The number of hydrogen-bond acceptors (Lipinski definition) is 5. The zero-order valence-corrected chi connectivity index (χ0v) is 11.0. The van der Waals surface area contributed by atoms with Crippen LogP contribution in [0.4, 0.5) is 0 Å². The predicted octanol–water partition coefficient (Wildman–Crippen LogP) is 1.58. The van der Waals surface area contributed by atoms with E-state index >= 15 is 0 Å². The Hall–Kier alpha value is -1.45. The molecule has 1 fully saturated rings. The molecule has 18 heavy (non-hydrogen) atoms. The fraction of sp³-hybridized carbons (Fsp3) is 0.583. The van der Waals surface area contributed by atoms with E-state index in [-0.39, 0.29) is 23.9 Å². The predicted molar refractivity (Wildman–Crippen MR) is 68.9 cm³/mol. The van der Waals surface area contributed by atoms with Crippen molar-refractivity contribution < 1.29 is 4.79 Å². The number of hydrogen-bond donors (Lipinski definition) is 2. The van der Waals surface area contributed by atoms with Gasteiger partial charge in [-0.1, -0.05) is 0 Å². The highest BCUT2D eigenvalue weighted by Gasteiger charge is 2.29. The van der Waals surface area contributed by atoms with E-state index in [9.17, 15) is 4.79 Å². The van der Waals surface area contributed by atoms with Crippen LogP contribution in [0.5, 0.6) is 0 Å². The summed E-state index contributed by atoms with van der Waals surface area (Å²) >= 11 is 1.39. The van der Waals surface area contributed by atoms with Crippen molar-refractivity contribution in [2.45, 2.75) is 38.3 Å². The topological polar surface area (TPSA) is 91.8 Å². The van der Waals surface area contributed by atoms with Gasteiger partial charge in [-0.15, -0.1) is 11.3 Å². The number of amides is 1. The van der Waals surface area contributed by atoms with Crippen LogP contribution in [-0.2, 0) is 0 Å². The fourth-order valence-electron chi connectivity index (χ4n) is 2.13. The van der Waals surface area contributed by atoms with Gasteiger partial charge in [0.1, 0.15) is 10.7 Å². The minimum atomic E-state index is -0.203. The summed E-state index contributed by atoms with van der Waals surface area (Å²) in [5.41, 5.74) is 6.11. The zero-order chi connectivity index (χ0) is 13.1. The van der Waals surface area contributed by atoms with E-state index in [0.29, 0.717) is 5.69 Å². The number of rotatable bonds is 3. The van der Waals surface area contributed by atoms with Gasteiger partial charge in [0.2, 0.25) is 0 Å². The number of nitrogens with one attached hydrogen (secondary N) is 1. The minimum Gasteiger partial charge on any atom is -0.347 e. The second kappa shape index (κ2) is 5.46. The molecular weight excluding hydrogens is 248 g/mol. The van der Waals surface area contributed by atoms with Crippen LogP contribution in [0.2, 0.25) is 0 Å². The molecule has 96 valence electrons. The maximum absolute atomic E-state index is 12.0. The Balaban J connectivity index is 2.01. The van der Waals surface area contributed by atoms with Crippen molar-refractivity contribution in [1.82, 2.24) is 10.3 Å². The van der Waals surface area contributed by atoms with Gasteiger partial charge in [0.05, 0.1) is 18.0 Å². The van der Waals surface area contributed by atoms with E-state index < -0.39 is 0 Å². The highest BCUT2D eigenvalue weighted by atomic mass is 32.1. The van der Waals surface area contributed by atoms with Crippen LogP contribution in [0.25, 0.3) is 0 Å². The summed E-state index contributed by atoms with van der Waals surface area (Å²) in [6.07, 6.45) is 2.73. The Bertz CT molecular complexity index is 477. The molecule has 3 N–H and O–H groups in total. The van der Waals surface area contributed by atoms with Crippen LogP contribution >= 0.6 is 11.3 Å². The first kappa shape index (κ1) is 13.0. The normalized spacial score (nSPS) is 24.5. The smallest absolute Gasteiger partial charge is 0.271 e. The lowest BCUT2D eigenvalue weighted by Crippen LogP contribution is -2.37. The highest BCUT2D eigenvalue weighted by molar-refractivity contribution is 7.09. The van der Waals surface area contributed by atoms with Crippen molar-refractivity contribution in [1.29, 1.82) is 5.26 Å². The Labute approximate surface area is 110 Å². The van der Waals surface area contributed by atoms with Gasteiger partial charge in [0.15, 0.2) is 0 Å². The number of thiazole rings is 1. The third kappa shape index (κ3) is 2.68. The molecule has 1 saturated carbocycles. The van der Waals surface area contributed by atoms with Crippen LogP contribution in [0, 0.1) is 17.2 Å². The molecule has 6 heteroatoms. The van der Waals surface area contributed by atoms with Gasteiger partial charge in [0.25, 0.3) is 5.91 Å². The quantitative estimate of drug-likeness (QED) is 0.867. The van der Waals surface area contributed by atoms with Crippen LogP contribution < -0.4 is 11.1 Å². The van der Waals surface area contributed by atoms with Crippen molar-refractivity contribution in [3.05, 3.63) is 16.1 Å². The summed E-state index contributed by atoms with van der Waals surface area (Å²) in [4.78, 5) is 16.2. The molecule has 1 amide bonds. The summed E-state index contributed by atoms with van der Waals surface area (Å²) in [5, 5.41) is 14.3. The molecule has 3 unspecified atom stereocenters. The first-order valence-corrected chi connectivity index (χ1v) is 6.91. The van der Waals surface area contributed by atoms with Gasteiger partial charge in [-0.25, -0.2) is 4.98 Å². The molecule has 3 atom stereocenters. The van der Waals surface area contributed by atoms with Crippen LogP contribution in [-0.4, -0.2) is 16.9 Å². The summed E-state index contributed by atoms with van der Waals surface area (Å²) in [7, 11) is 0. The summed E-state index contributed by atoms with van der Waals surface area (Å²) in [6, 6.07) is 2.05. The molecule has 1 aromatic heterocycles. The first-order valence-electron chi connectivity index (χ1n) is 6.03. The molecule has 2 rings (SSSR count). The van der Waals surface area contributed by atoms with E-state index in [4.69, 9.17) is 11.0 Å². The Morgan fingerprint density at radius 1 is 1.72 bits per heavy atom. The van der Waals surface area contributed by atoms with Gasteiger partial charge in [-0.2, -0.15) is 5.26 Å². The van der Waals surface area contributed by atoms with Gasteiger partial charge >= 0.3 is 0 Å². The molecule has 0 spiro atoms. The molecule has 0 radical (unpaired) electrons. The molecule has 1 heterocycles. The lowest BCUT2D eigenvalue weighted by molar-refractivity contribution is 0.0928. The minimum absolute atomic E-state index is 0.0389. The third-order valence-corrected chi connectivity index (χ3v) is 4.19. The number of aromatic nitrogens is 1. The molecule has 0 aromatic carbocycles. The second-order valence-corrected chi connectivity index (χ2v) is 5.50. The van der Waals surface area contributed by atoms with Crippen molar-refractivity contribution in [2.75, 3.05) is 0 Å². The van der Waals surface area contributed by atoms with Crippen LogP contribution in [0.1, 0.15) is 47.7 Å². The van der Waals surface area contributed by atoms with Crippen LogP contribution in [0.15, 0.2) is 5.38 Å². The zero-order valence-electron chi connectivity index (χ0n) is 10.2. The molecule has 0 bridgehead atoms. The average molecular weight is 264 g/mol. The highest BCUT2D eigenvalue weighted by Crippen LogP contribution is 2.25. The number of nitrogens with two attached hydrogens (primary N) is 1. The van der Waals surface area contributed by atoms with Gasteiger partial charge in [-0.3, -0.25) is 4.79 Å². The van der Waals surface area contributed by atoms with Gasteiger partial charge in [-0.05, 0) is 26.2 Å². The number of carbonyl (C=O) groups is 1. The van der Waals surface area contributed by atoms with E-state index in [1.165, 1.54) is 11.3 Å². The second-order valence-electron chi connectivity index (χ2n) is 4.61. The third-order valence-electron chi connectivity index (χ3n) is 3.14. The van der Waals surface area contributed by atoms with Crippen molar-refractivity contribution >= 4 is 17.2 Å². The molecule has 0 saturated heterocycles. The number of nitrogens with zero attached hydrogens (tertiary/aromatic N) is 2. The Morgan fingerprint density at radius 3 is 3.11 bits per heavy atom. The summed E-state index contributed by atoms with van der Waals surface area (Å²) in [6.45, 7) is 1.84. The average Bonchev–Trinajstić information content (AvgIpc) is 2.96. The number of carbonyl (C=O) groups excluding carboxylic acids is 1. The van der Waals surface area contributed by atoms with E-state index in [0.717, 1.165) is 24.3 Å². The Morgan fingerprint density at radius 2 is 2.50 bits per heavy atom. The van der Waals surface area contributed by atoms with E-state index in [1.807, 2.05) is 6.92 Å². The summed E-state index contributed by atoms with van der Waals surface area (Å²) < 4.78 is 0. The molecular formula is C12H16N4OS. The molecule has 1 aliphatic carbocycles. The molecule has 1 aliphatic rings. The largest absolute Gasteiger partial charge is 0.347 e. The standard InChI is InChI=1S/C12H16N4OS/c1-7(14)12-16-10(6-18-12)11(17)15-9-4-2-3-8(9)5-13/h6-9H,2-4,14H2,1H3,(H,15,17). The monoisotopic (exact) mass is 264 g/mol. The SMILES string of the molecule is CC(N)c1nc(C(=O)NC2CCCC2C#N)cs1. The Kier molecular flexibility index (Phi) is 3.94. The number of nitriles is 1. The van der Waals surface area contributed by atoms with E-state index in [1.54, 1.807) is 5.38 Å². The molecule has 5 nitrogen and oxygen atoms in total. The fourth-order valence-corrected chi connectivity index (χ4v) is 2.89. The van der Waals surface area contributed by atoms with E-state index in [2.05, 4.69) is 16.4 Å². The molecule has 1 aromatic rings. The van der Waals surface area contributed by atoms with Gasteiger partial charge in [0, 0.05) is 11.4 Å². The van der Waals surface area contributed by atoms with Crippen molar-refractivity contribution in [2.24, 2.45) is 11.7 Å². The lowest BCUT2D eigenvalue weighted by Gasteiger charge is -2.14.